The molecule has 170 valence electrons. The van der Waals surface area contributed by atoms with E-state index in [1.54, 1.807) is 39.0 Å². The molecular formula is C26H28N4O3. The predicted molar refractivity (Wildman–Crippen MR) is 124 cm³/mol. The predicted octanol–water partition coefficient (Wildman–Crippen LogP) is 3.69. The van der Waals surface area contributed by atoms with E-state index in [2.05, 4.69) is 6.07 Å². The van der Waals surface area contributed by atoms with Gasteiger partial charge in [0.15, 0.2) is 0 Å². The number of benzene rings is 2. The van der Waals surface area contributed by atoms with Crippen LogP contribution < -0.4 is 4.90 Å². The zero-order chi connectivity index (χ0) is 23.6. The van der Waals surface area contributed by atoms with E-state index in [-0.39, 0.29) is 30.7 Å². The summed E-state index contributed by atoms with van der Waals surface area (Å²) in [7, 11) is 0. The molecule has 4 rings (SSSR count). The second kappa shape index (κ2) is 9.07. The number of hydrogen-bond donors (Lipinski definition) is 0. The minimum absolute atomic E-state index is 0.00204. The van der Waals surface area contributed by atoms with Crippen LogP contribution in [0.15, 0.2) is 48.5 Å². The maximum absolute atomic E-state index is 13.4. The fraction of sp³-hybridized carbons (Fsp3) is 0.385. The Morgan fingerprint density at radius 2 is 1.88 bits per heavy atom. The Hall–Kier alpha value is -3.66. The van der Waals surface area contributed by atoms with Gasteiger partial charge in [-0.25, -0.2) is 0 Å². The molecule has 2 aromatic carbocycles. The molecule has 0 aromatic heterocycles. The third-order valence-corrected chi connectivity index (χ3v) is 6.60. The summed E-state index contributed by atoms with van der Waals surface area (Å²) < 4.78 is 0. The lowest BCUT2D eigenvalue weighted by Crippen LogP contribution is -2.62. The van der Waals surface area contributed by atoms with Gasteiger partial charge in [0.05, 0.1) is 22.9 Å². The van der Waals surface area contributed by atoms with Gasteiger partial charge in [-0.3, -0.25) is 19.3 Å². The number of carbonyl (C=O) groups excluding carboxylic acids is 3. The Balaban J connectivity index is 1.51. The Morgan fingerprint density at radius 3 is 2.58 bits per heavy atom. The van der Waals surface area contributed by atoms with E-state index in [0.717, 1.165) is 12.0 Å². The van der Waals surface area contributed by atoms with Gasteiger partial charge >= 0.3 is 0 Å². The van der Waals surface area contributed by atoms with Crippen molar-refractivity contribution >= 4 is 23.4 Å². The van der Waals surface area contributed by atoms with E-state index in [1.165, 1.54) is 0 Å². The summed E-state index contributed by atoms with van der Waals surface area (Å²) in [5.74, 6) is -0.171. The number of rotatable bonds is 7. The number of amides is 3. The van der Waals surface area contributed by atoms with E-state index in [1.807, 2.05) is 38.1 Å². The summed E-state index contributed by atoms with van der Waals surface area (Å²) in [4.78, 5) is 44.5. The molecule has 2 aliphatic heterocycles. The molecule has 2 aromatic rings. The molecule has 7 nitrogen and oxygen atoms in total. The number of nitriles is 1. The molecule has 2 heterocycles. The highest BCUT2D eigenvalue weighted by molar-refractivity contribution is 6.10. The van der Waals surface area contributed by atoms with Gasteiger partial charge in [0.1, 0.15) is 5.66 Å². The summed E-state index contributed by atoms with van der Waals surface area (Å²) in [5, 5.41) is 8.99. The van der Waals surface area contributed by atoms with Crippen molar-refractivity contribution in [2.75, 3.05) is 18.0 Å². The number of para-hydroxylation sites is 1. The molecule has 2 aliphatic rings. The third-order valence-electron chi connectivity index (χ3n) is 6.60. The first-order chi connectivity index (χ1) is 15.9. The molecule has 0 saturated carbocycles. The maximum atomic E-state index is 13.4. The third kappa shape index (κ3) is 4.09. The van der Waals surface area contributed by atoms with Crippen LogP contribution in [0, 0.1) is 11.3 Å². The topological polar surface area (TPSA) is 84.7 Å². The molecule has 33 heavy (non-hydrogen) atoms. The largest absolute Gasteiger partial charge is 0.338 e. The second-order valence-electron chi connectivity index (χ2n) is 8.79. The van der Waals surface area contributed by atoms with E-state index in [0.29, 0.717) is 42.7 Å². The van der Waals surface area contributed by atoms with E-state index >= 15 is 0 Å². The highest BCUT2D eigenvalue weighted by Crippen LogP contribution is 2.44. The number of fused-ring (bicyclic) bond motifs is 3. The first-order valence-electron chi connectivity index (χ1n) is 11.4. The Labute approximate surface area is 194 Å². The zero-order valence-electron chi connectivity index (χ0n) is 19.1. The van der Waals surface area contributed by atoms with Crippen LogP contribution >= 0.6 is 0 Å². The van der Waals surface area contributed by atoms with E-state index < -0.39 is 5.66 Å². The van der Waals surface area contributed by atoms with Gasteiger partial charge in [-0.2, -0.15) is 5.26 Å². The summed E-state index contributed by atoms with van der Waals surface area (Å²) in [6.45, 7) is 5.25. The van der Waals surface area contributed by atoms with Gasteiger partial charge in [0.25, 0.3) is 5.91 Å². The van der Waals surface area contributed by atoms with Crippen molar-refractivity contribution in [1.82, 2.24) is 9.80 Å². The van der Waals surface area contributed by atoms with Crippen LogP contribution in [0.25, 0.3) is 0 Å². The van der Waals surface area contributed by atoms with Crippen molar-refractivity contribution in [3.8, 4) is 6.07 Å². The van der Waals surface area contributed by atoms with Gasteiger partial charge < -0.3 is 9.80 Å². The quantitative estimate of drug-likeness (QED) is 0.652. The van der Waals surface area contributed by atoms with Crippen molar-refractivity contribution < 1.29 is 14.4 Å². The minimum atomic E-state index is -0.758. The number of anilines is 1. The van der Waals surface area contributed by atoms with E-state index in [9.17, 15) is 14.4 Å². The van der Waals surface area contributed by atoms with Crippen LogP contribution in [0.2, 0.25) is 0 Å². The average Bonchev–Trinajstić information content (AvgIpc) is 3.14. The first-order valence-corrected chi connectivity index (χ1v) is 11.4. The van der Waals surface area contributed by atoms with Crippen molar-refractivity contribution in [3.05, 3.63) is 65.2 Å². The molecule has 0 radical (unpaired) electrons. The highest BCUT2D eigenvalue weighted by Gasteiger charge is 2.52. The van der Waals surface area contributed by atoms with Crippen LogP contribution in [0.1, 0.15) is 61.0 Å². The van der Waals surface area contributed by atoms with Crippen molar-refractivity contribution in [3.63, 3.8) is 0 Å². The minimum Gasteiger partial charge on any atom is -0.338 e. The molecule has 0 aliphatic carbocycles. The lowest BCUT2D eigenvalue weighted by Gasteiger charge is -2.48. The molecule has 0 spiro atoms. The number of hydrogen-bond acceptors (Lipinski definition) is 4. The van der Waals surface area contributed by atoms with Crippen LogP contribution in [0.3, 0.4) is 0 Å². The van der Waals surface area contributed by atoms with Crippen LogP contribution in [0.4, 0.5) is 5.69 Å². The molecule has 1 atom stereocenters. The summed E-state index contributed by atoms with van der Waals surface area (Å²) in [6, 6.07) is 16.5. The molecule has 0 N–H and O–H groups in total. The molecular weight excluding hydrogens is 416 g/mol. The first kappa shape index (κ1) is 22.5. The lowest BCUT2D eigenvalue weighted by molar-refractivity contribution is -0.132. The fourth-order valence-corrected chi connectivity index (χ4v) is 4.87. The molecule has 3 amide bonds. The lowest BCUT2D eigenvalue weighted by atomic mass is 9.98. The van der Waals surface area contributed by atoms with Gasteiger partial charge in [-0.05, 0) is 49.6 Å². The van der Waals surface area contributed by atoms with Crippen molar-refractivity contribution in [2.24, 2.45) is 0 Å². The van der Waals surface area contributed by atoms with Crippen LogP contribution in [0.5, 0.6) is 0 Å². The Bertz CT molecular complexity index is 1120. The Morgan fingerprint density at radius 1 is 1.15 bits per heavy atom. The molecule has 1 fully saturated rings. The van der Waals surface area contributed by atoms with Crippen molar-refractivity contribution in [2.45, 2.75) is 51.7 Å². The summed E-state index contributed by atoms with van der Waals surface area (Å²) in [5.41, 5.74) is 1.94. The average molecular weight is 445 g/mol. The molecule has 1 unspecified atom stereocenters. The normalized spacial score (nSPS) is 19.2. The summed E-state index contributed by atoms with van der Waals surface area (Å²) >= 11 is 0. The SMILES string of the molecule is CCCN(Cc1ccc(C#N)cc1)C(=O)CCN1C(=O)c2ccccc2N2C(=O)CCC12C. The van der Waals surface area contributed by atoms with Crippen LogP contribution in [-0.4, -0.2) is 46.3 Å². The van der Waals surface area contributed by atoms with Gasteiger partial charge in [-0.15, -0.1) is 0 Å². The van der Waals surface area contributed by atoms with Crippen molar-refractivity contribution in [1.29, 1.82) is 5.26 Å². The monoisotopic (exact) mass is 444 g/mol. The van der Waals surface area contributed by atoms with Gasteiger partial charge in [0, 0.05) is 32.5 Å². The second-order valence-corrected chi connectivity index (χ2v) is 8.79. The standard InChI is InChI=1S/C26H28N4O3/c1-3-15-28(18-20-10-8-19(17-27)9-11-20)23(31)13-16-29-25(33)21-6-4-5-7-22(21)30-24(32)12-14-26(29,30)2/h4-11H,3,12-16,18H2,1-2H3. The summed E-state index contributed by atoms with van der Waals surface area (Å²) in [6.07, 6.45) is 1.92. The maximum Gasteiger partial charge on any atom is 0.257 e. The molecule has 7 heteroatoms. The molecule has 0 bridgehead atoms. The van der Waals surface area contributed by atoms with Gasteiger partial charge in [0.2, 0.25) is 11.8 Å². The fourth-order valence-electron chi connectivity index (χ4n) is 4.87. The highest BCUT2D eigenvalue weighted by atomic mass is 16.2. The van der Waals surface area contributed by atoms with Gasteiger partial charge in [-0.1, -0.05) is 31.2 Å². The molecule has 1 saturated heterocycles. The van der Waals surface area contributed by atoms with Crippen LogP contribution in [-0.2, 0) is 16.1 Å². The Kier molecular flexibility index (Phi) is 6.19. The zero-order valence-corrected chi connectivity index (χ0v) is 19.1. The number of carbonyl (C=O) groups is 3. The number of nitrogens with zero attached hydrogens (tertiary/aromatic N) is 4. The van der Waals surface area contributed by atoms with E-state index in [4.69, 9.17) is 5.26 Å². The smallest absolute Gasteiger partial charge is 0.257 e.